The van der Waals surface area contributed by atoms with E-state index in [1.54, 1.807) is 30.3 Å². The number of halogens is 2. The molecule has 6 nitrogen and oxygen atoms in total. The van der Waals surface area contributed by atoms with Crippen molar-refractivity contribution in [2.24, 2.45) is 4.40 Å². The van der Waals surface area contributed by atoms with Gasteiger partial charge in [0, 0.05) is 5.56 Å². The van der Waals surface area contributed by atoms with Crippen LogP contribution in [0.5, 0.6) is 0 Å². The monoisotopic (exact) mass is 405 g/mol. The number of nitrogens with zero attached hydrogens (tertiary/aromatic N) is 2. The van der Waals surface area contributed by atoms with Gasteiger partial charge in [0.1, 0.15) is 5.69 Å². The Hall–Kier alpha value is -3.07. The lowest BCUT2D eigenvalue weighted by atomic mass is 9.99. The number of benzene rings is 2. The van der Waals surface area contributed by atoms with E-state index in [9.17, 15) is 22.3 Å². The first kappa shape index (κ1) is 19.7. The molecule has 0 saturated heterocycles. The molecule has 1 heterocycles. The first-order chi connectivity index (χ1) is 13.3. The van der Waals surface area contributed by atoms with Gasteiger partial charge in [0.2, 0.25) is 5.76 Å². The summed E-state index contributed by atoms with van der Waals surface area (Å²) in [5.74, 6) is -1.38. The molecule has 9 heteroatoms. The third-order valence-corrected chi connectivity index (χ3v) is 5.24. The maximum absolute atomic E-state index is 13.4. The van der Waals surface area contributed by atoms with Crippen molar-refractivity contribution in [1.29, 1.82) is 0 Å². The van der Waals surface area contributed by atoms with Crippen LogP contribution in [0.25, 0.3) is 22.4 Å². The molecule has 3 rings (SSSR count). The van der Waals surface area contributed by atoms with Crippen LogP contribution < -0.4 is 5.11 Å². The number of hydrogen-bond acceptors (Lipinski definition) is 5. The van der Waals surface area contributed by atoms with Gasteiger partial charge in [-0.2, -0.15) is 12.8 Å². The van der Waals surface area contributed by atoms with Crippen molar-refractivity contribution in [3.8, 4) is 22.4 Å². The fourth-order valence-corrected chi connectivity index (χ4v) is 3.55. The molecule has 0 fully saturated rings. The van der Waals surface area contributed by atoms with Crippen molar-refractivity contribution in [2.75, 3.05) is 0 Å². The van der Waals surface area contributed by atoms with Crippen molar-refractivity contribution in [1.82, 2.24) is 5.16 Å². The lowest BCUT2D eigenvalue weighted by Gasteiger charge is -2.08. The van der Waals surface area contributed by atoms with Crippen LogP contribution in [-0.2, 0) is 10.0 Å². The molecule has 0 radical (unpaired) electrons. The van der Waals surface area contributed by atoms with Crippen molar-refractivity contribution in [3.63, 3.8) is 0 Å². The average molecular weight is 405 g/mol. The van der Waals surface area contributed by atoms with E-state index < -0.39 is 28.1 Å². The molecule has 0 spiro atoms. The summed E-state index contributed by atoms with van der Waals surface area (Å²) in [4.78, 5) is -0.214. The number of hydrogen-bond donors (Lipinski definition) is 0. The van der Waals surface area contributed by atoms with E-state index in [0.717, 1.165) is 0 Å². The molecule has 3 aromatic rings. The Kier molecular flexibility index (Phi) is 5.55. The minimum atomic E-state index is -4.16. The molecule has 2 aromatic carbocycles. The Morgan fingerprint density at radius 1 is 1.11 bits per heavy atom. The van der Waals surface area contributed by atoms with Gasteiger partial charge in [-0.3, -0.25) is 0 Å². The summed E-state index contributed by atoms with van der Waals surface area (Å²) in [7, 11) is -4.16. The van der Waals surface area contributed by atoms with Crippen molar-refractivity contribution < 1.29 is 26.8 Å². The smallest absolute Gasteiger partial charge is 0.298 e. The van der Waals surface area contributed by atoms with Crippen LogP contribution in [0, 0.1) is 0 Å². The SMILES string of the molecule is CC/C([O-])=N/S(=O)(=O)c1ccc(-c2c(-c3ccccc3)noc2C(F)F)cc1. The highest BCUT2D eigenvalue weighted by atomic mass is 32.2. The highest BCUT2D eigenvalue weighted by molar-refractivity contribution is 7.90. The first-order valence-corrected chi connectivity index (χ1v) is 9.72. The summed E-state index contributed by atoms with van der Waals surface area (Å²) < 4.78 is 59.1. The zero-order valence-corrected chi connectivity index (χ0v) is 15.5. The molecule has 0 aliphatic carbocycles. The van der Waals surface area contributed by atoms with E-state index in [1.165, 1.54) is 31.2 Å². The Labute approximate surface area is 160 Å². The lowest BCUT2D eigenvalue weighted by Crippen LogP contribution is -2.18. The Morgan fingerprint density at radius 3 is 2.32 bits per heavy atom. The van der Waals surface area contributed by atoms with Gasteiger partial charge < -0.3 is 9.63 Å². The molecule has 1 aromatic heterocycles. The Bertz CT molecular complexity index is 1090. The standard InChI is InChI=1S/C19H16F2N2O4S/c1-2-15(24)23-28(25,26)14-10-8-12(9-11-14)16-17(13-6-4-3-5-7-13)22-27-18(16)19(20)21/h3-11,19H,2H2,1H3,(H,23,24)/p-1. The van der Waals surface area contributed by atoms with Gasteiger partial charge >= 0.3 is 0 Å². The van der Waals surface area contributed by atoms with Crippen LogP contribution in [0.2, 0.25) is 0 Å². The molecular weight excluding hydrogens is 390 g/mol. The van der Waals surface area contributed by atoms with E-state index in [4.69, 9.17) is 4.52 Å². The van der Waals surface area contributed by atoms with Gasteiger partial charge in [-0.1, -0.05) is 54.5 Å². The summed E-state index contributed by atoms with van der Waals surface area (Å²) in [5, 5.41) is 15.1. The number of rotatable bonds is 6. The molecule has 28 heavy (non-hydrogen) atoms. The third kappa shape index (κ3) is 3.94. The normalized spacial score (nSPS) is 12.5. The fraction of sp³-hybridized carbons (Fsp3) is 0.158. The minimum Gasteiger partial charge on any atom is -0.861 e. The van der Waals surface area contributed by atoms with E-state index in [0.29, 0.717) is 11.1 Å². The van der Waals surface area contributed by atoms with E-state index >= 15 is 0 Å². The molecule has 0 N–H and O–H groups in total. The first-order valence-electron chi connectivity index (χ1n) is 8.28. The summed E-state index contributed by atoms with van der Waals surface area (Å²) >= 11 is 0. The molecule has 0 bridgehead atoms. The van der Waals surface area contributed by atoms with Gasteiger partial charge in [-0.25, -0.2) is 8.78 Å². The predicted octanol–water partition coefficient (Wildman–Crippen LogP) is 3.80. The van der Waals surface area contributed by atoms with Crippen LogP contribution in [-0.4, -0.2) is 19.5 Å². The van der Waals surface area contributed by atoms with Gasteiger partial charge in [-0.05, 0) is 30.0 Å². The maximum Gasteiger partial charge on any atom is 0.298 e. The quantitative estimate of drug-likeness (QED) is 0.459. The number of sulfonamides is 1. The molecule has 146 valence electrons. The molecule has 0 atom stereocenters. The number of aromatic nitrogens is 1. The van der Waals surface area contributed by atoms with E-state index in [1.807, 2.05) is 0 Å². The highest BCUT2D eigenvalue weighted by Crippen LogP contribution is 2.39. The van der Waals surface area contributed by atoms with Gasteiger partial charge in [0.05, 0.1) is 10.5 Å². The topological polar surface area (TPSA) is 95.6 Å². The Morgan fingerprint density at radius 2 is 1.75 bits per heavy atom. The van der Waals surface area contributed by atoms with Crippen molar-refractivity contribution in [3.05, 3.63) is 60.4 Å². The number of alkyl halides is 2. The Balaban J connectivity index is 2.09. The maximum atomic E-state index is 13.4. The zero-order valence-electron chi connectivity index (χ0n) is 14.7. The third-order valence-electron chi connectivity index (χ3n) is 3.93. The van der Waals surface area contributed by atoms with Gasteiger partial charge in [0.15, 0.2) is 0 Å². The summed E-state index contributed by atoms with van der Waals surface area (Å²) in [5.41, 5.74) is 1.17. The second-order valence-corrected chi connectivity index (χ2v) is 7.38. The second-order valence-electron chi connectivity index (χ2n) is 5.78. The molecular formula is C19H15F2N2O4S-. The van der Waals surface area contributed by atoms with Crippen LogP contribution in [0.4, 0.5) is 8.78 Å². The second kappa shape index (κ2) is 7.89. The van der Waals surface area contributed by atoms with Gasteiger partial charge in [0.25, 0.3) is 16.4 Å². The molecule has 0 amide bonds. The van der Waals surface area contributed by atoms with E-state index in [2.05, 4.69) is 9.55 Å². The summed E-state index contributed by atoms with van der Waals surface area (Å²) in [6.07, 6.45) is -2.95. The molecule has 0 unspecified atom stereocenters. The van der Waals surface area contributed by atoms with Crippen LogP contribution in [0.1, 0.15) is 25.5 Å². The molecule has 0 aliphatic rings. The van der Waals surface area contributed by atoms with Crippen LogP contribution in [0.15, 0.2) is 68.4 Å². The molecule has 0 saturated carbocycles. The van der Waals surface area contributed by atoms with E-state index in [-0.39, 0.29) is 22.6 Å². The van der Waals surface area contributed by atoms with Crippen LogP contribution in [0.3, 0.4) is 0 Å². The summed E-state index contributed by atoms with van der Waals surface area (Å²) in [6.45, 7) is 1.49. The van der Waals surface area contributed by atoms with Gasteiger partial charge in [-0.15, -0.1) is 0 Å². The van der Waals surface area contributed by atoms with Crippen molar-refractivity contribution >= 4 is 15.9 Å². The highest BCUT2D eigenvalue weighted by Gasteiger charge is 2.26. The zero-order chi connectivity index (χ0) is 20.3. The largest absolute Gasteiger partial charge is 0.861 e. The minimum absolute atomic E-state index is 0.0454. The molecule has 0 aliphatic heterocycles. The fourth-order valence-electron chi connectivity index (χ4n) is 2.57. The lowest BCUT2D eigenvalue weighted by molar-refractivity contribution is -0.217. The summed E-state index contributed by atoms with van der Waals surface area (Å²) in [6, 6.07) is 13.7. The predicted molar refractivity (Wildman–Crippen MR) is 97.2 cm³/mol. The average Bonchev–Trinajstić information content (AvgIpc) is 3.14. The van der Waals surface area contributed by atoms with Crippen LogP contribution >= 0.6 is 0 Å². The van der Waals surface area contributed by atoms with Crippen molar-refractivity contribution in [2.45, 2.75) is 24.7 Å².